The van der Waals surface area contributed by atoms with Gasteiger partial charge in [0.05, 0.1) is 19.2 Å². The summed E-state index contributed by atoms with van der Waals surface area (Å²) in [6, 6.07) is 0.416. The summed E-state index contributed by atoms with van der Waals surface area (Å²) in [5.41, 5.74) is -0.460. The van der Waals surface area contributed by atoms with Gasteiger partial charge in [-0.15, -0.1) is 0 Å². The van der Waals surface area contributed by atoms with Gasteiger partial charge in [0.1, 0.15) is 11.4 Å². The molecular formula is C15H27N3O3. The van der Waals surface area contributed by atoms with Crippen LogP contribution in [0.25, 0.3) is 0 Å². The topological polar surface area (TPSA) is 63.2 Å². The van der Waals surface area contributed by atoms with E-state index in [1.54, 1.807) is 4.90 Å². The van der Waals surface area contributed by atoms with Crippen LogP contribution in [0.1, 0.15) is 40.5 Å². The Hall–Kier alpha value is -1.30. The van der Waals surface area contributed by atoms with Crippen LogP contribution in [0, 0.1) is 0 Å². The van der Waals surface area contributed by atoms with E-state index in [1.807, 2.05) is 27.7 Å². The van der Waals surface area contributed by atoms with Crippen molar-refractivity contribution in [2.45, 2.75) is 58.3 Å². The molecule has 0 saturated heterocycles. The Balaban J connectivity index is 1.76. The first-order chi connectivity index (χ1) is 9.87. The van der Waals surface area contributed by atoms with Gasteiger partial charge in [-0.3, -0.25) is 9.89 Å². The summed E-state index contributed by atoms with van der Waals surface area (Å²) >= 11 is 0. The van der Waals surface area contributed by atoms with Crippen LogP contribution in [0.15, 0.2) is 4.99 Å². The standard InChI is InChI=1S/C15H27N3O3/c1-5-20-12-8-11(9-12)17-13-10-18(7-6-16-13)14(19)21-15(2,3)4/h11-12H,5-10H2,1-4H3,(H,16,17). The molecule has 6 heteroatoms. The lowest BCUT2D eigenvalue weighted by Gasteiger charge is -2.38. The summed E-state index contributed by atoms with van der Waals surface area (Å²) in [5, 5.41) is 3.41. The smallest absolute Gasteiger partial charge is 0.410 e. The van der Waals surface area contributed by atoms with Crippen molar-refractivity contribution in [1.29, 1.82) is 0 Å². The van der Waals surface area contributed by atoms with Gasteiger partial charge in [0.2, 0.25) is 0 Å². The van der Waals surface area contributed by atoms with Gasteiger partial charge in [-0.25, -0.2) is 4.79 Å². The third-order valence-electron chi connectivity index (χ3n) is 3.53. The Morgan fingerprint density at radius 2 is 2.14 bits per heavy atom. The van der Waals surface area contributed by atoms with Gasteiger partial charge in [-0.1, -0.05) is 0 Å². The van der Waals surface area contributed by atoms with Crippen molar-refractivity contribution in [3.8, 4) is 0 Å². The lowest BCUT2D eigenvalue weighted by atomic mass is 9.89. The number of hydrogen-bond donors (Lipinski definition) is 1. The monoisotopic (exact) mass is 297 g/mol. The summed E-state index contributed by atoms with van der Waals surface area (Å²) in [4.78, 5) is 18.2. The molecule has 1 aliphatic carbocycles. The Morgan fingerprint density at radius 1 is 1.43 bits per heavy atom. The minimum absolute atomic E-state index is 0.266. The van der Waals surface area contributed by atoms with Crippen molar-refractivity contribution < 1.29 is 14.3 Å². The van der Waals surface area contributed by atoms with E-state index in [0.717, 1.165) is 25.3 Å². The van der Waals surface area contributed by atoms with Crippen molar-refractivity contribution >= 4 is 11.9 Å². The van der Waals surface area contributed by atoms with E-state index in [1.165, 1.54) is 0 Å². The maximum Gasteiger partial charge on any atom is 0.410 e. The molecule has 0 aromatic rings. The molecule has 2 rings (SSSR count). The molecule has 0 spiro atoms. The fourth-order valence-electron chi connectivity index (χ4n) is 2.48. The zero-order chi connectivity index (χ0) is 15.5. The van der Waals surface area contributed by atoms with Crippen LogP contribution in [0.5, 0.6) is 0 Å². The summed E-state index contributed by atoms with van der Waals surface area (Å²) in [7, 11) is 0. The van der Waals surface area contributed by atoms with Crippen LogP contribution in [-0.4, -0.2) is 60.8 Å². The van der Waals surface area contributed by atoms with Gasteiger partial charge < -0.3 is 14.8 Å². The number of hydrogen-bond acceptors (Lipinski definition) is 5. The minimum atomic E-state index is -0.460. The molecule has 1 saturated carbocycles. The van der Waals surface area contributed by atoms with Gasteiger partial charge in [0, 0.05) is 19.2 Å². The molecule has 1 aliphatic heterocycles. The average Bonchev–Trinajstić information content (AvgIpc) is 2.35. The first-order valence-electron chi connectivity index (χ1n) is 7.76. The Bertz CT molecular complexity index is 397. The van der Waals surface area contributed by atoms with Gasteiger partial charge in [0.15, 0.2) is 0 Å². The van der Waals surface area contributed by atoms with Crippen LogP contribution < -0.4 is 5.32 Å². The highest BCUT2D eigenvalue weighted by molar-refractivity contribution is 5.88. The number of nitrogens with zero attached hydrogens (tertiary/aromatic N) is 2. The molecule has 1 fully saturated rings. The summed E-state index contributed by atoms with van der Waals surface area (Å²) in [6.45, 7) is 10.2. The van der Waals surface area contributed by atoms with Gasteiger partial charge in [0.25, 0.3) is 0 Å². The molecule has 1 heterocycles. The lowest BCUT2D eigenvalue weighted by Crippen LogP contribution is -2.53. The number of amidine groups is 1. The SMILES string of the molecule is CCOC1CC(NC2=NCCN(C(=O)OC(C)(C)C)C2)C1. The van der Waals surface area contributed by atoms with E-state index in [-0.39, 0.29) is 6.09 Å². The van der Waals surface area contributed by atoms with Crippen LogP contribution in [0.2, 0.25) is 0 Å². The van der Waals surface area contributed by atoms with E-state index < -0.39 is 5.60 Å². The van der Waals surface area contributed by atoms with Gasteiger partial charge in [-0.05, 0) is 40.5 Å². The van der Waals surface area contributed by atoms with Crippen molar-refractivity contribution in [3.05, 3.63) is 0 Å². The van der Waals surface area contributed by atoms with E-state index in [2.05, 4.69) is 10.3 Å². The molecule has 0 aromatic heterocycles. The number of ether oxygens (including phenoxy) is 2. The van der Waals surface area contributed by atoms with Gasteiger partial charge >= 0.3 is 6.09 Å². The van der Waals surface area contributed by atoms with Crippen LogP contribution >= 0.6 is 0 Å². The number of carbonyl (C=O) groups excluding carboxylic acids is 1. The van der Waals surface area contributed by atoms with E-state index in [4.69, 9.17) is 9.47 Å². The predicted octanol–water partition coefficient (Wildman–Crippen LogP) is 1.79. The average molecular weight is 297 g/mol. The Labute approximate surface area is 126 Å². The van der Waals surface area contributed by atoms with Crippen molar-refractivity contribution in [1.82, 2.24) is 10.2 Å². The van der Waals surface area contributed by atoms with Crippen molar-refractivity contribution in [2.75, 3.05) is 26.2 Å². The zero-order valence-electron chi connectivity index (χ0n) is 13.5. The van der Waals surface area contributed by atoms with Gasteiger partial charge in [-0.2, -0.15) is 0 Å². The van der Waals surface area contributed by atoms with Crippen molar-refractivity contribution in [3.63, 3.8) is 0 Å². The highest BCUT2D eigenvalue weighted by Crippen LogP contribution is 2.23. The zero-order valence-corrected chi connectivity index (χ0v) is 13.5. The van der Waals surface area contributed by atoms with E-state index in [9.17, 15) is 4.79 Å². The molecule has 2 aliphatic rings. The third-order valence-corrected chi connectivity index (χ3v) is 3.53. The number of carbonyl (C=O) groups is 1. The second-order valence-corrected chi connectivity index (χ2v) is 6.62. The normalized spacial score (nSPS) is 25.9. The molecule has 120 valence electrons. The molecule has 1 N–H and O–H groups in total. The Morgan fingerprint density at radius 3 is 2.76 bits per heavy atom. The number of rotatable bonds is 3. The van der Waals surface area contributed by atoms with Crippen LogP contribution in [0.3, 0.4) is 0 Å². The highest BCUT2D eigenvalue weighted by Gasteiger charge is 2.32. The second-order valence-electron chi connectivity index (χ2n) is 6.62. The first-order valence-corrected chi connectivity index (χ1v) is 7.76. The molecule has 6 nitrogen and oxygen atoms in total. The summed E-state index contributed by atoms with van der Waals surface area (Å²) < 4.78 is 11.0. The quantitative estimate of drug-likeness (QED) is 0.862. The van der Waals surface area contributed by atoms with E-state index >= 15 is 0 Å². The summed E-state index contributed by atoms with van der Waals surface area (Å²) in [6.07, 6.45) is 2.13. The molecule has 0 aromatic carbocycles. The molecule has 0 bridgehead atoms. The van der Waals surface area contributed by atoms with E-state index in [0.29, 0.717) is 31.8 Å². The minimum Gasteiger partial charge on any atom is -0.444 e. The highest BCUT2D eigenvalue weighted by atomic mass is 16.6. The number of amides is 1. The fraction of sp³-hybridized carbons (Fsp3) is 0.867. The maximum absolute atomic E-state index is 12.1. The largest absolute Gasteiger partial charge is 0.444 e. The van der Waals surface area contributed by atoms with Crippen LogP contribution in [0.4, 0.5) is 4.79 Å². The summed E-state index contributed by atoms with van der Waals surface area (Å²) in [5.74, 6) is 0.882. The third kappa shape index (κ3) is 4.88. The molecular weight excluding hydrogens is 270 g/mol. The predicted molar refractivity (Wildman–Crippen MR) is 81.7 cm³/mol. The second kappa shape index (κ2) is 6.64. The molecule has 0 unspecified atom stereocenters. The molecule has 0 atom stereocenters. The van der Waals surface area contributed by atoms with Crippen molar-refractivity contribution in [2.24, 2.45) is 4.99 Å². The molecule has 21 heavy (non-hydrogen) atoms. The van der Waals surface area contributed by atoms with Crippen LogP contribution in [-0.2, 0) is 9.47 Å². The Kier molecular flexibility index (Phi) is 5.08. The molecule has 0 radical (unpaired) electrons. The fourth-order valence-corrected chi connectivity index (χ4v) is 2.48. The maximum atomic E-state index is 12.1. The number of aliphatic imine (C=N–C) groups is 1. The molecule has 1 amide bonds. The first kappa shape index (κ1) is 16.1. The lowest BCUT2D eigenvalue weighted by molar-refractivity contribution is -0.00611. The number of nitrogens with one attached hydrogen (secondary N) is 1.